The number of carbonyl (C=O) groups is 2. The molecule has 25 heavy (non-hydrogen) atoms. The first-order valence-corrected chi connectivity index (χ1v) is 8.65. The summed E-state index contributed by atoms with van der Waals surface area (Å²) in [5, 5.41) is 2.73. The molecule has 1 N–H and O–H groups in total. The number of rotatable bonds is 6. The van der Waals surface area contributed by atoms with Gasteiger partial charge in [0.2, 0.25) is 5.91 Å². The first-order valence-electron chi connectivity index (χ1n) is 7.83. The van der Waals surface area contributed by atoms with Crippen LogP contribution in [0.25, 0.3) is 10.4 Å². The van der Waals surface area contributed by atoms with Crippen molar-refractivity contribution in [1.82, 2.24) is 5.32 Å². The van der Waals surface area contributed by atoms with Crippen LogP contribution in [0.4, 0.5) is 4.39 Å². The molecule has 2 aromatic rings. The van der Waals surface area contributed by atoms with Gasteiger partial charge in [-0.25, -0.2) is 4.39 Å². The number of hydrogen-bond donors (Lipinski definition) is 1. The third kappa shape index (κ3) is 3.88. The molecular weight excluding hydrogens is 345 g/mol. The van der Waals surface area contributed by atoms with E-state index in [0.717, 1.165) is 10.4 Å². The van der Waals surface area contributed by atoms with Crippen LogP contribution in [0.2, 0.25) is 0 Å². The molecule has 3 rings (SSSR count). The summed E-state index contributed by atoms with van der Waals surface area (Å²) < 4.78 is 24.7. The number of nitrogens with one attached hydrogen (secondary N) is 1. The van der Waals surface area contributed by atoms with Crippen molar-refractivity contribution in [3.8, 4) is 16.2 Å². The van der Waals surface area contributed by atoms with Gasteiger partial charge in [0, 0.05) is 29.5 Å². The predicted octanol–water partition coefficient (Wildman–Crippen LogP) is 2.82. The number of fused-ring (bicyclic) bond motifs is 1. The minimum absolute atomic E-state index is 0.0113. The number of hydrogen-bond acceptors (Lipinski definition) is 5. The number of ketones is 1. The maximum atomic E-state index is 14.0. The second kappa shape index (κ2) is 7.33. The smallest absolute Gasteiger partial charge is 0.246 e. The second-order valence-electron chi connectivity index (χ2n) is 5.84. The predicted molar refractivity (Wildman–Crippen MR) is 92.7 cm³/mol. The topological polar surface area (TPSA) is 64.6 Å². The van der Waals surface area contributed by atoms with E-state index in [1.54, 1.807) is 12.1 Å². The molecule has 1 atom stereocenters. The van der Waals surface area contributed by atoms with E-state index < -0.39 is 0 Å². The summed E-state index contributed by atoms with van der Waals surface area (Å²) in [6.45, 7) is 1.81. The molecule has 0 fully saturated rings. The molecule has 0 saturated carbocycles. The minimum atomic E-state index is -0.348. The molecule has 0 saturated heterocycles. The van der Waals surface area contributed by atoms with E-state index in [1.165, 1.54) is 37.5 Å². The molecule has 7 heteroatoms. The van der Waals surface area contributed by atoms with Gasteiger partial charge in [-0.15, -0.1) is 11.3 Å². The molecule has 1 aromatic carbocycles. The third-order valence-electron chi connectivity index (χ3n) is 3.88. The first-order chi connectivity index (χ1) is 12.0. The van der Waals surface area contributed by atoms with Crippen molar-refractivity contribution in [1.29, 1.82) is 0 Å². The van der Waals surface area contributed by atoms with Crippen LogP contribution >= 0.6 is 11.3 Å². The van der Waals surface area contributed by atoms with Crippen molar-refractivity contribution in [2.24, 2.45) is 0 Å². The summed E-state index contributed by atoms with van der Waals surface area (Å²) in [5.74, 6) is 0.0188. The SMILES string of the molecule is COCC(=O)NCC1Cc2cc(F)cc(-c3ccc(C(C)=O)s3)c2O1. The Bertz CT molecular complexity index is 817. The third-order valence-corrected chi connectivity index (χ3v) is 5.10. The van der Waals surface area contributed by atoms with E-state index in [4.69, 9.17) is 9.47 Å². The highest BCUT2D eigenvalue weighted by molar-refractivity contribution is 7.17. The minimum Gasteiger partial charge on any atom is -0.487 e. The van der Waals surface area contributed by atoms with Gasteiger partial charge in [0.15, 0.2) is 5.78 Å². The number of halogens is 1. The summed E-state index contributed by atoms with van der Waals surface area (Å²) in [5.41, 5.74) is 1.40. The number of ether oxygens (including phenoxy) is 2. The summed E-state index contributed by atoms with van der Waals surface area (Å²) in [6.07, 6.45) is 0.252. The number of thiophene rings is 1. The van der Waals surface area contributed by atoms with Gasteiger partial charge < -0.3 is 14.8 Å². The van der Waals surface area contributed by atoms with Gasteiger partial charge in [0.1, 0.15) is 24.3 Å². The van der Waals surface area contributed by atoms with Gasteiger partial charge in [-0.05, 0) is 31.2 Å². The Hall–Kier alpha value is -2.25. The Labute approximate surface area is 148 Å². The van der Waals surface area contributed by atoms with E-state index in [1.807, 2.05) is 0 Å². The number of amides is 1. The van der Waals surface area contributed by atoms with E-state index >= 15 is 0 Å². The van der Waals surface area contributed by atoms with Crippen molar-refractivity contribution in [3.63, 3.8) is 0 Å². The molecular formula is C18H18FNO4S. The van der Waals surface area contributed by atoms with Gasteiger partial charge in [0.05, 0.1) is 11.4 Å². The average Bonchev–Trinajstić information content (AvgIpc) is 3.19. The molecule has 2 heterocycles. The lowest BCUT2D eigenvalue weighted by Crippen LogP contribution is -2.36. The monoisotopic (exact) mass is 363 g/mol. The first kappa shape index (κ1) is 17.6. The lowest BCUT2D eigenvalue weighted by atomic mass is 10.0. The standard InChI is InChI=1S/C18H18FNO4S/c1-10(21)15-3-4-16(25-15)14-7-12(19)5-11-6-13(24-18(11)14)8-20-17(22)9-23-2/h3-5,7,13H,6,8-9H2,1-2H3,(H,20,22). The van der Waals surface area contributed by atoms with Gasteiger partial charge >= 0.3 is 0 Å². The van der Waals surface area contributed by atoms with Gasteiger partial charge in [-0.1, -0.05) is 0 Å². The summed E-state index contributed by atoms with van der Waals surface area (Å²) in [7, 11) is 1.45. The van der Waals surface area contributed by atoms with Gasteiger partial charge in [-0.2, -0.15) is 0 Å². The largest absolute Gasteiger partial charge is 0.487 e. The molecule has 0 radical (unpaired) electrons. The number of benzene rings is 1. The van der Waals surface area contributed by atoms with Crippen molar-refractivity contribution >= 4 is 23.0 Å². The number of carbonyl (C=O) groups excluding carboxylic acids is 2. The van der Waals surface area contributed by atoms with E-state index in [9.17, 15) is 14.0 Å². The maximum absolute atomic E-state index is 14.0. The molecule has 1 aromatic heterocycles. The fourth-order valence-electron chi connectivity index (χ4n) is 2.77. The van der Waals surface area contributed by atoms with Crippen LogP contribution in [-0.2, 0) is 16.0 Å². The fourth-order valence-corrected chi connectivity index (χ4v) is 3.69. The van der Waals surface area contributed by atoms with Crippen molar-refractivity contribution < 1.29 is 23.5 Å². The molecule has 5 nitrogen and oxygen atoms in total. The molecule has 0 aliphatic carbocycles. The van der Waals surface area contributed by atoms with Crippen LogP contribution in [0, 0.1) is 5.82 Å². The van der Waals surface area contributed by atoms with Crippen LogP contribution in [-0.4, -0.2) is 38.1 Å². The zero-order valence-electron chi connectivity index (χ0n) is 13.9. The lowest BCUT2D eigenvalue weighted by Gasteiger charge is -2.13. The zero-order chi connectivity index (χ0) is 18.0. The molecule has 1 aliphatic heterocycles. The van der Waals surface area contributed by atoms with E-state index in [-0.39, 0.29) is 30.2 Å². The highest BCUT2D eigenvalue weighted by Gasteiger charge is 2.28. The number of Topliss-reactive ketones (excluding diaryl/α,β-unsaturated/α-hetero) is 1. The summed E-state index contributed by atoms with van der Waals surface area (Å²) in [4.78, 5) is 24.4. The molecule has 1 unspecified atom stereocenters. The van der Waals surface area contributed by atoms with E-state index in [0.29, 0.717) is 29.2 Å². The van der Waals surface area contributed by atoms with Crippen LogP contribution < -0.4 is 10.1 Å². The lowest BCUT2D eigenvalue weighted by molar-refractivity contribution is -0.125. The molecule has 0 bridgehead atoms. The molecule has 132 valence electrons. The fraction of sp³-hybridized carbons (Fsp3) is 0.333. The normalized spacial score (nSPS) is 15.6. The Morgan fingerprint density at radius 3 is 2.88 bits per heavy atom. The number of methoxy groups -OCH3 is 1. The Morgan fingerprint density at radius 1 is 1.40 bits per heavy atom. The highest BCUT2D eigenvalue weighted by atomic mass is 32.1. The van der Waals surface area contributed by atoms with Crippen molar-refractivity contribution in [2.75, 3.05) is 20.3 Å². The van der Waals surface area contributed by atoms with Crippen LogP contribution in [0.15, 0.2) is 24.3 Å². The summed E-state index contributed by atoms with van der Waals surface area (Å²) in [6, 6.07) is 6.40. The van der Waals surface area contributed by atoms with Crippen LogP contribution in [0.5, 0.6) is 5.75 Å². The van der Waals surface area contributed by atoms with Crippen molar-refractivity contribution in [2.45, 2.75) is 19.4 Å². The van der Waals surface area contributed by atoms with Gasteiger partial charge in [0.25, 0.3) is 0 Å². The molecule has 0 spiro atoms. The molecule has 1 amide bonds. The van der Waals surface area contributed by atoms with E-state index in [2.05, 4.69) is 5.32 Å². The highest BCUT2D eigenvalue weighted by Crippen LogP contribution is 2.42. The quantitative estimate of drug-likeness (QED) is 0.802. The molecule has 1 aliphatic rings. The van der Waals surface area contributed by atoms with Crippen LogP contribution in [0.3, 0.4) is 0 Å². The maximum Gasteiger partial charge on any atom is 0.246 e. The van der Waals surface area contributed by atoms with Gasteiger partial charge in [-0.3, -0.25) is 9.59 Å². The summed E-state index contributed by atoms with van der Waals surface area (Å²) >= 11 is 1.31. The van der Waals surface area contributed by atoms with Crippen LogP contribution in [0.1, 0.15) is 22.2 Å². The Morgan fingerprint density at radius 2 is 2.20 bits per heavy atom. The Kier molecular flexibility index (Phi) is 5.15. The zero-order valence-corrected chi connectivity index (χ0v) is 14.7. The second-order valence-corrected chi connectivity index (χ2v) is 6.93. The Balaban J connectivity index is 1.81. The average molecular weight is 363 g/mol. The van der Waals surface area contributed by atoms with Crippen molar-refractivity contribution in [3.05, 3.63) is 40.5 Å².